The van der Waals surface area contributed by atoms with Gasteiger partial charge in [0.25, 0.3) is 0 Å². The first-order valence-corrected chi connectivity index (χ1v) is 9.40. The van der Waals surface area contributed by atoms with Crippen molar-refractivity contribution in [2.45, 2.75) is 71.4 Å². The van der Waals surface area contributed by atoms with Gasteiger partial charge < -0.3 is 5.32 Å². The molecule has 1 rings (SSSR count). The average molecular weight is 330 g/mol. The number of rotatable bonds is 11. The van der Waals surface area contributed by atoms with Crippen molar-refractivity contribution in [1.82, 2.24) is 10.2 Å². The maximum atomic E-state index is 10.1. The summed E-state index contributed by atoms with van der Waals surface area (Å²) in [5.74, 6) is 0. The van der Waals surface area contributed by atoms with Crippen LogP contribution in [0.3, 0.4) is 0 Å². The molecule has 3 heteroatoms. The van der Waals surface area contributed by atoms with Crippen LogP contribution < -0.4 is 5.32 Å². The predicted molar refractivity (Wildman–Crippen MR) is 103 cm³/mol. The van der Waals surface area contributed by atoms with Gasteiger partial charge in [0, 0.05) is 18.6 Å². The van der Waals surface area contributed by atoms with Crippen molar-refractivity contribution >= 4 is 0 Å². The number of hydrogen-bond donors (Lipinski definition) is 1. The lowest BCUT2D eigenvalue weighted by Gasteiger charge is -2.35. The lowest BCUT2D eigenvalue weighted by molar-refractivity contribution is 0.161. The quantitative estimate of drug-likeness (QED) is 0.614. The van der Waals surface area contributed by atoms with E-state index in [4.69, 9.17) is 0 Å². The minimum atomic E-state index is -0.413. The third-order valence-electron chi connectivity index (χ3n) is 4.82. The number of nitrogens with one attached hydrogen (secondary N) is 1. The second-order valence-corrected chi connectivity index (χ2v) is 7.24. The molecule has 0 amide bonds. The molecule has 0 radical (unpaired) electrons. The van der Waals surface area contributed by atoms with Crippen LogP contribution in [0.2, 0.25) is 0 Å². The molecule has 24 heavy (non-hydrogen) atoms. The van der Waals surface area contributed by atoms with E-state index in [-0.39, 0.29) is 0 Å². The second-order valence-electron chi connectivity index (χ2n) is 7.24. The largest absolute Gasteiger partial charge is 0.317 e. The van der Waals surface area contributed by atoms with Gasteiger partial charge >= 0.3 is 0 Å². The van der Waals surface area contributed by atoms with Gasteiger partial charge in [-0.3, -0.25) is 4.90 Å². The summed E-state index contributed by atoms with van der Waals surface area (Å²) in [7, 11) is 0. The van der Waals surface area contributed by atoms with Crippen molar-refractivity contribution in [2.75, 3.05) is 19.6 Å². The molecule has 134 valence electrons. The molecule has 1 unspecified atom stereocenters. The molecule has 0 heterocycles. The van der Waals surface area contributed by atoms with E-state index in [1.807, 2.05) is 18.2 Å². The van der Waals surface area contributed by atoms with Crippen LogP contribution in [0.1, 0.15) is 59.4 Å². The highest BCUT2D eigenvalue weighted by Crippen LogP contribution is 2.32. The van der Waals surface area contributed by atoms with Crippen molar-refractivity contribution in [2.24, 2.45) is 0 Å². The monoisotopic (exact) mass is 329 g/mol. The van der Waals surface area contributed by atoms with Gasteiger partial charge in [-0.2, -0.15) is 5.26 Å². The van der Waals surface area contributed by atoms with E-state index in [9.17, 15) is 5.26 Å². The van der Waals surface area contributed by atoms with Crippen LogP contribution in [0.15, 0.2) is 30.3 Å². The van der Waals surface area contributed by atoms with Crippen LogP contribution in [0, 0.1) is 11.3 Å². The zero-order valence-electron chi connectivity index (χ0n) is 16.2. The number of nitrogens with zero attached hydrogens (tertiary/aromatic N) is 2. The SMILES string of the molecule is CCCNCCC(C#N)(CCN(C(C)C)C(C)C)c1ccccc1. The fraction of sp³-hybridized carbons (Fsp3) is 0.667. The van der Waals surface area contributed by atoms with Crippen LogP contribution in [0.5, 0.6) is 0 Å². The van der Waals surface area contributed by atoms with Gasteiger partial charge in [-0.15, -0.1) is 0 Å². The highest BCUT2D eigenvalue weighted by Gasteiger charge is 2.32. The van der Waals surface area contributed by atoms with Crippen molar-refractivity contribution < 1.29 is 0 Å². The zero-order chi connectivity index (χ0) is 18.0. The molecule has 0 aliphatic carbocycles. The Hall–Kier alpha value is -1.37. The summed E-state index contributed by atoms with van der Waals surface area (Å²) in [6.07, 6.45) is 2.86. The topological polar surface area (TPSA) is 39.1 Å². The fourth-order valence-corrected chi connectivity index (χ4v) is 3.38. The lowest BCUT2D eigenvalue weighted by Crippen LogP contribution is -2.41. The molecule has 0 saturated heterocycles. The number of benzene rings is 1. The first-order valence-electron chi connectivity index (χ1n) is 9.40. The fourth-order valence-electron chi connectivity index (χ4n) is 3.38. The minimum Gasteiger partial charge on any atom is -0.317 e. The molecule has 0 saturated carbocycles. The Labute approximate surface area is 149 Å². The van der Waals surface area contributed by atoms with Crippen molar-refractivity contribution in [3.8, 4) is 6.07 Å². The molecule has 1 aromatic carbocycles. The molecule has 0 aromatic heterocycles. The van der Waals surface area contributed by atoms with E-state index in [1.54, 1.807) is 0 Å². The molecule has 1 atom stereocenters. The van der Waals surface area contributed by atoms with Gasteiger partial charge in [0.2, 0.25) is 0 Å². The Balaban J connectivity index is 2.93. The van der Waals surface area contributed by atoms with Crippen molar-refractivity contribution in [3.05, 3.63) is 35.9 Å². The molecule has 0 spiro atoms. The summed E-state index contributed by atoms with van der Waals surface area (Å²) in [5, 5.41) is 13.5. The Morgan fingerprint density at radius 2 is 1.67 bits per heavy atom. The van der Waals surface area contributed by atoms with Crippen LogP contribution >= 0.6 is 0 Å². The second kappa shape index (κ2) is 10.5. The van der Waals surface area contributed by atoms with Crippen molar-refractivity contribution in [3.63, 3.8) is 0 Å². The Morgan fingerprint density at radius 3 is 2.17 bits per heavy atom. The molecule has 1 N–H and O–H groups in total. The Morgan fingerprint density at radius 1 is 1.04 bits per heavy atom. The maximum Gasteiger partial charge on any atom is 0.0846 e. The van der Waals surface area contributed by atoms with Crippen molar-refractivity contribution in [1.29, 1.82) is 5.26 Å². The van der Waals surface area contributed by atoms with E-state index >= 15 is 0 Å². The molecule has 0 aliphatic rings. The smallest absolute Gasteiger partial charge is 0.0846 e. The molecule has 0 aliphatic heterocycles. The zero-order valence-corrected chi connectivity index (χ0v) is 16.2. The van der Waals surface area contributed by atoms with Gasteiger partial charge in [0.05, 0.1) is 11.5 Å². The third kappa shape index (κ3) is 5.92. The van der Waals surface area contributed by atoms with E-state index in [1.165, 1.54) is 0 Å². The van der Waals surface area contributed by atoms with Gasteiger partial charge in [-0.1, -0.05) is 37.3 Å². The normalized spacial score (nSPS) is 14.1. The molecule has 0 bridgehead atoms. The Bertz CT molecular complexity index is 482. The Kier molecular flexibility index (Phi) is 9.03. The van der Waals surface area contributed by atoms with Gasteiger partial charge in [-0.05, 0) is 65.6 Å². The molecular weight excluding hydrogens is 294 g/mol. The first-order chi connectivity index (χ1) is 11.5. The van der Waals surface area contributed by atoms with E-state index in [0.29, 0.717) is 12.1 Å². The average Bonchev–Trinajstić information content (AvgIpc) is 2.57. The van der Waals surface area contributed by atoms with Crippen LogP contribution in [0.4, 0.5) is 0 Å². The molecule has 1 aromatic rings. The van der Waals surface area contributed by atoms with Gasteiger partial charge in [0.15, 0.2) is 0 Å². The van der Waals surface area contributed by atoms with E-state index < -0.39 is 5.41 Å². The van der Waals surface area contributed by atoms with Crippen LogP contribution in [-0.2, 0) is 5.41 Å². The number of nitriles is 1. The standard InChI is InChI=1S/C21H35N3/c1-6-14-23-15-12-21(17-22,20-10-8-7-9-11-20)13-16-24(18(2)3)19(4)5/h7-11,18-19,23H,6,12-16H2,1-5H3. The van der Waals surface area contributed by atoms with E-state index in [2.05, 4.69) is 63.0 Å². The third-order valence-corrected chi connectivity index (χ3v) is 4.82. The molecular formula is C21H35N3. The van der Waals surface area contributed by atoms with Gasteiger partial charge in [0.1, 0.15) is 0 Å². The predicted octanol–water partition coefficient (Wildman–Crippen LogP) is 4.35. The van der Waals surface area contributed by atoms with E-state index in [0.717, 1.165) is 44.5 Å². The maximum absolute atomic E-state index is 10.1. The highest BCUT2D eigenvalue weighted by atomic mass is 15.2. The summed E-state index contributed by atoms with van der Waals surface area (Å²) >= 11 is 0. The molecule has 0 fully saturated rings. The number of hydrogen-bond acceptors (Lipinski definition) is 3. The first kappa shape index (κ1) is 20.7. The summed E-state index contributed by atoms with van der Waals surface area (Å²) in [5.41, 5.74) is 0.739. The van der Waals surface area contributed by atoms with Crippen LogP contribution in [0.25, 0.3) is 0 Å². The molecule has 3 nitrogen and oxygen atoms in total. The lowest BCUT2D eigenvalue weighted by atomic mass is 9.76. The summed E-state index contributed by atoms with van der Waals surface area (Å²) in [6, 6.07) is 14.0. The summed E-state index contributed by atoms with van der Waals surface area (Å²) < 4.78 is 0. The summed E-state index contributed by atoms with van der Waals surface area (Å²) in [4.78, 5) is 2.48. The highest BCUT2D eigenvalue weighted by molar-refractivity contribution is 5.32. The van der Waals surface area contributed by atoms with Crippen LogP contribution in [-0.4, -0.2) is 36.6 Å². The summed E-state index contributed by atoms with van der Waals surface area (Å²) in [6.45, 7) is 14.0. The van der Waals surface area contributed by atoms with Gasteiger partial charge in [-0.25, -0.2) is 0 Å². The minimum absolute atomic E-state index is 0.413.